The summed E-state index contributed by atoms with van der Waals surface area (Å²) in [5.74, 6) is 0.797. The summed E-state index contributed by atoms with van der Waals surface area (Å²) in [5, 5.41) is 5.89. The summed E-state index contributed by atoms with van der Waals surface area (Å²) in [4.78, 5) is 27.1. The summed E-state index contributed by atoms with van der Waals surface area (Å²) < 4.78 is 10.9. The van der Waals surface area contributed by atoms with Crippen LogP contribution in [0.1, 0.15) is 39.2 Å². The molecule has 1 heterocycles. The predicted octanol–water partition coefficient (Wildman–Crippen LogP) is 2.36. The molecule has 0 saturated carbocycles. The topological polar surface area (TPSA) is 79.9 Å². The molecular formula is C20H31N3O4. The normalized spacial score (nSPS) is 19.3. The Labute approximate surface area is 161 Å². The molecule has 2 rings (SSSR count). The number of carbonyl (C=O) groups excluding carboxylic acids is 2. The molecule has 0 spiro atoms. The highest BCUT2D eigenvalue weighted by Crippen LogP contribution is 2.39. The molecule has 0 radical (unpaired) electrons. The number of methoxy groups -OCH3 is 2. The number of hydrogen-bond donors (Lipinski definition) is 2. The molecule has 7 nitrogen and oxygen atoms in total. The lowest BCUT2D eigenvalue weighted by Crippen LogP contribution is -2.43. The van der Waals surface area contributed by atoms with Crippen LogP contribution in [0.2, 0.25) is 0 Å². The van der Waals surface area contributed by atoms with Gasteiger partial charge in [0.1, 0.15) is 11.5 Å². The van der Waals surface area contributed by atoms with Crippen molar-refractivity contribution in [3.05, 3.63) is 23.8 Å². The average molecular weight is 377 g/mol. The third-order valence-corrected chi connectivity index (χ3v) is 4.62. The monoisotopic (exact) mass is 377 g/mol. The fraction of sp³-hybridized carbons (Fsp3) is 0.600. The number of benzene rings is 1. The van der Waals surface area contributed by atoms with Crippen LogP contribution in [0.3, 0.4) is 0 Å². The van der Waals surface area contributed by atoms with Crippen molar-refractivity contribution in [3.8, 4) is 11.5 Å². The summed E-state index contributed by atoms with van der Waals surface area (Å²) in [6, 6.07) is 5.46. The molecule has 1 aliphatic heterocycles. The second-order valence-corrected chi connectivity index (χ2v) is 7.49. The smallest absolute Gasteiger partial charge is 0.317 e. The maximum Gasteiger partial charge on any atom is 0.317 e. The second-order valence-electron chi connectivity index (χ2n) is 7.49. The molecule has 0 bridgehead atoms. The van der Waals surface area contributed by atoms with E-state index in [4.69, 9.17) is 9.47 Å². The summed E-state index contributed by atoms with van der Waals surface area (Å²) in [6.45, 7) is 8.49. The van der Waals surface area contributed by atoms with E-state index >= 15 is 0 Å². The number of ether oxygens (including phenoxy) is 2. The van der Waals surface area contributed by atoms with Crippen LogP contribution in [-0.2, 0) is 4.79 Å². The van der Waals surface area contributed by atoms with Gasteiger partial charge in [-0.05, 0) is 45.9 Å². The molecule has 0 unspecified atom stereocenters. The van der Waals surface area contributed by atoms with Gasteiger partial charge in [0.15, 0.2) is 0 Å². The van der Waals surface area contributed by atoms with Crippen LogP contribution in [-0.4, -0.2) is 56.2 Å². The van der Waals surface area contributed by atoms with Crippen molar-refractivity contribution in [2.75, 3.05) is 27.3 Å². The van der Waals surface area contributed by atoms with Crippen molar-refractivity contribution in [3.63, 3.8) is 0 Å². The molecule has 1 saturated heterocycles. The van der Waals surface area contributed by atoms with E-state index in [0.29, 0.717) is 24.6 Å². The zero-order valence-electron chi connectivity index (χ0n) is 17.0. The Kier molecular flexibility index (Phi) is 6.93. The minimum atomic E-state index is -0.355. The fourth-order valence-electron chi connectivity index (χ4n) is 3.41. The fourth-order valence-corrected chi connectivity index (χ4v) is 3.41. The number of nitrogens with zero attached hydrogens (tertiary/aromatic N) is 1. The van der Waals surface area contributed by atoms with Crippen LogP contribution in [0.15, 0.2) is 18.2 Å². The lowest BCUT2D eigenvalue weighted by atomic mass is 9.87. The number of urea groups is 1. The standard InChI is InChI=1S/C20H31N3O4/c1-12(2)21-19(24)17-11-23(20(25)22-13(3)4)10-16(17)15-9-14(26-5)7-8-18(15)27-6/h7-9,12-13,16-17H,10-11H2,1-6H3,(H,21,24)(H,22,25)/t16-,17+/m1/s1. The van der Waals surface area contributed by atoms with Crippen LogP contribution in [0, 0.1) is 5.92 Å². The average Bonchev–Trinajstić information content (AvgIpc) is 3.05. The van der Waals surface area contributed by atoms with Crippen molar-refractivity contribution in [1.82, 2.24) is 15.5 Å². The molecule has 7 heteroatoms. The Morgan fingerprint density at radius 3 is 2.26 bits per heavy atom. The van der Waals surface area contributed by atoms with Crippen LogP contribution < -0.4 is 20.1 Å². The maximum absolute atomic E-state index is 12.8. The molecule has 0 aliphatic carbocycles. The van der Waals surface area contributed by atoms with Gasteiger partial charge in [-0.2, -0.15) is 0 Å². The first-order valence-corrected chi connectivity index (χ1v) is 9.34. The molecule has 1 fully saturated rings. The Balaban J connectivity index is 2.37. The highest BCUT2D eigenvalue weighted by atomic mass is 16.5. The third-order valence-electron chi connectivity index (χ3n) is 4.62. The van der Waals surface area contributed by atoms with Crippen molar-refractivity contribution in [2.24, 2.45) is 5.92 Å². The first-order valence-electron chi connectivity index (χ1n) is 9.34. The van der Waals surface area contributed by atoms with E-state index in [1.54, 1.807) is 19.1 Å². The molecule has 1 aromatic carbocycles. The second kappa shape index (κ2) is 8.97. The molecule has 27 heavy (non-hydrogen) atoms. The van der Waals surface area contributed by atoms with Gasteiger partial charge in [0.05, 0.1) is 20.1 Å². The van der Waals surface area contributed by atoms with E-state index in [1.807, 2.05) is 45.9 Å². The van der Waals surface area contributed by atoms with Gasteiger partial charge in [-0.25, -0.2) is 4.79 Å². The highest BCUT2D eigenvalue weighted by molar-refractivity contribution is 5.83. The molecule has 0 aromatic heterocycles. The first-order chi connectivity index (χ1) is 12.8. The Morgan fingerprint density at radius 1 is 1.04 bits per heavy atom. The van der Waals surface area contributed by atoms with Gasteiger partial charge in [-0.1, -0.05) is 0 Å². The van der Waals surface area contributed by atoms with Crippen molar-refractivity contribution in [1.29, 1.82) is 0 Å². The zero-order chi connectivity index (χ0) is 20.1. The predicted molar refractivity (Wildman–Crippen MR) is 104 cm³/mol. The van der Waals surface area contributed by atoms with Gasteiger partial charge < -0.3 is 25.0 Å². The van der Waals surface area contributed by atoms with Gasteiger partial charge in [-0.15, -0.1) is 0 Å². The first kappa shape index (κ1) is 20.9. The number of likely N-dealkylation sites (tertiary alicyclic amines) is 1. The van der Waals surface area contributed by atoms with Crippen molar-refractivity contribution < 1.29 is 19.1 Å². The maximum atomic E-state index is 12.8. The van der Waals surface area contributed by atoms with Crippen molar-refractivity contribution >= 4 is 11.9 Å². The SMILES string of the molecule is COc1ccc(OC)c([C@H]2CN(C(=O)NC(C)C)C[C@@H]2C(=O)NC(C)C)c1. The lowest BCUT2D eigenvalue weighted by molar-refractivity contribution is -0.125. The van der Waals surface area contributed by atoms with Gasteiger partial charge in [0.2, 0.25) is 5.91 Å². The van der Waals surface area contributed by atoms with E-state index in [2.05, 4.69) is 10.6 Å². The number of carbonyl (C=O) groups is 2. The summed E-state index contributed by atoms with van der Waals surface area (Å²) in [5.41, 5.74) is 0.876. The highest BCUT2D eigenvalue weighted by Gasteiger charge is 2.42. The number of amides is 3. The molecular weight excluding hydrogens is 346 g/mol. The molecule has 2 atom stereocenters. The van der Waals surface area contributed by atoms with E-state index in [0.717, 1.165) is 5.56 Å². The Morgan fingerprint density at radius 2 is 1.70 bits per heavy atom. The van der Waals surface area contributed by atoms with E-state index in [1.165, 1.54) is 0 Å². The minimum Gasteiger partial charge on any atom is -0.497 e. The summed E-state index contributed by atoms with van der Waals surface area (Å²) in [6.07, 6.45) is 0. The minimum absolute atomic E-state index is 0.0314. The quantitative estimate of drug-likeness (QED) is 0.798. The van der Waals surface area contributed by atoms with Crippen LogP contribution in [0.4, 0.5) is 4.79 Å². The third kappa shape index (κ3) is 5.05. The largest absolute Gasteiger partial charge is 0.497 e. The van der Waals surface area contributed by atoms with E-state index in [-0.39, 0.29) is 35.9 Å². The van der Waals surface area contributed by atoms with Crippen LogP contribution in [0.25, 0.3) is 0 Å². The molecule has 3 amide bonds. The Bertz CT molecular complexity index is 675. The van der Waals surface area contributed by atoms with Gasteiger partial charge in [0, 0.05) is 36.7 Å². The molecule has 150 valence electrons. The van der Waals surface area contributed by atoms with Crippen molar-refractivity contribution in [2.45, 2.75) is 45.7 Å². The molecule has 1 aliphatic rings. The number of rotatable bonds is 6. The Hall–Kier alpha value is -2.44. The van der Waals surface area contributed by atoms with Gasteiger partial charge in [-0.3, -0.25) is 4.79 Å². The summed E-state index contributed by atoms with van der Waals surface area (Å²) >= 11 is 0. The zero-order valence-corrected chi connectivity index (χ0v) is 17.0. The van der Waals surface area contributed by atoms with Crippen LogP contribution in [0.5, 0.6) is 11.5 Å². The summed E-state index contributed by atoms with van der Waals surface area (Å²) in [7, 11) is 3.21. The van der Waals surface area contributed by atoms with E-state index in [9.17, 15) is 9.59 Å². The molecule has 1 aromatic rings. The van der Waals surface area contributed by atoms with Crippen LogP contribution >= 0.6 is 0 Å². The lowest BCUT2D eigenvalue weighted by Gasteiger charge is -2.22. The number of nitrogens with one attached hydrogen (secondary N) is 2. The number of hydrogen-bond acceptors (Lipinski definition) is 4. The van der Waals surface area contributed by atoms with E-state index < -0.39 is 0 Å². The van der Waals surface area contributed by atoms with Gasteiger partial charge in [0.25, 0.3) is 0 Å². The van der Waals surface area contributed by atoms with Gasteiger partial charge >= 0.3 is 6.03 Å². The molecule has 2 N–H and O–H groups in total.